The van der Waals surface area contributed by atoms with Crippen LogP contribution in [0.3, 0.4) is 0 Å². The fourth-order valence-corrected chi connectivity index (χ4v) is 3.29. The van der Waals surface area contributed by atoms with Gasteiger partial charge in [-0.2, -0.15) is 92.2 Å². The number of methoxy groups -OCH3 is 1. The maximum atomic E-state index is 14.6. The van der Waals surface area contributed by atoms with Crippen molar-refractivity contribution in [3.05, 3.63) is 0 Å². The van der Waals surface area contributed by atoms with Crippen molar-refractivity contribution in [2.75, 3.05) is 33.5 Å². The number of ether oxygens (including phenoxy) is 5. The first-order valence-corrected chi connectivity index (χ1v) is 11.7. The van der Waals surface area contributed by atoms with Gasteiger partial charge in [-0.3, -0.25) is 0 Å². The molecule has 0 aromatic heterocycles. The summed E-state index contributed by atoms with van der Waals surface area (Å²) >= 11 is 0. The maximum absolute atomic E-state index is 14.6. The second kappa shape index (κ2) is 12.0. The van der Waals surface area contributed by atoms with Gasteiger partial charge in [0.2, 0.25) is 0 Å². The summed E-state index contributed by atoms with van der Waals surface area (Å²) in [4.78, 5) is 0. The van der Waals surface area contributed by atoms with Gasteiger partial charge in [0.15, 0.2) is 6.29 Å². The Balaban J connectivity index is 2.52. The zero-order chi connectivity index (χ0) is 36.4. The number of halogens is 21. The lowest BCUT2D eigenvalue weighted by molar-refractivity contribution is -0.474. The molecule has 0 amide bonds. The highest BCUT2D eigenvalue weighted by atomic mass is 19.4. The molecule has 2 fully saturated rings. The van der Waals surface area contributed by atoms with E-state index in [2.05, 4.69) is 18.9 Å². The summed E-state index contributed by atoms with van der Waals surface area (Å²) in [5.74, 6) is -77.7. The second-order valence-electron chi connectivity index (χ2n) is 9.72. The Kier molecular flexibility index (Phi) is 10.6. The highest BCUT2D eigenvalue weighted by Gasteiger charge is 2.97. The highest BCUT2D eigenvalue weighted by Crippen LogP contribution is 2.66. The van der Waals surface area contributed by atoms with Crippen molar-refractivity contribution in [2.24, 2.45) is 0 Å². The Labute approximate surface area is 241 Å². The van der Waals surface area contributed by atoms with Crippen LogP contribution in [0.2, 0.25) is 0 Å². The molecule has 0 aromatic rings. The summed E-state index contributed by atoms with van der Waals surface area (Å²) in [6.07, 6.45) is -17.9. The van der Waals surface area contributed by atoms with Crippen molar-refractivity contribution in [1.82, 2.24) is 0 Å². The summed E-state index contributed by atoms with van der Waals surface area (Å²) in [6.45, 7) is -1.66. The molecule has 274 valence electrons. The molecule has 2 aliphatic rings. The van der Waals surface area contributed by atoms with Gasteiger partial charge < -0.3 is 23.7 Å². The summed E-state index contributed by atoms with van der Waals surface area (Å²) in [6, 6.07) is 0. The van der Waals surface area contributed by atoms with Crippen LogP contribution in [0.25, 0.3) is 0 Å². The Hall–Kier alpha value is -1.67. The van der Waals surface area contributed by atoms with Crippen molar-refractivity contribution in [2.45, 2.75) is 90.5 Å². The monoisotopic (exact) mass is 736 g/mol. The molecule has 0 aromatic carbocycles. The van der Waals surface area contributed by atoms with Crippen LogP contribution in [0.4, 0.5) is 92.2 Å². The van der Waals surface area contributed by atoms with Crippen molar-refractivity contribution >= 4 is 0 Å². The third-order valence-corrected chi connectivity index (χ3v) is 6.32. The molecule has 5 nitrogen and oxygen atoms in total. The van der Waals surface area contributed by atoms with Gasteiger partial charge in [0.25, 0.3) is 0 Å². The largest absolute Gasteiger partial charge is 0.460 e. The molecule has 0 N–H and O–H groups in total. The second-order valence-corrected chi connectivity index (χ2v) is 9.72. The minimum absolute atomic E-state index is 0.0227. The Bertz CT molecular complexity index is 1050. The van der Waals surface area contributed by atoms with E-state index < -0.39 is 104 Å². The van der Waals surface area contributed by atoms with Gasteiger partial charge in [-0.25, -0.2) is 0 Å². The summed E-state index contributed by atoms with van der Waals surface area (Å²) < 4.78 is 309. The van der Waals surface area contributed by atoms with Crippen LogP contribution in [0.1, 0.15) is 6.42 Å². The van der Waals surface area contributed by atoms with Crippen molar-refractivity contribution < 1.29 is 116 Å². The van der Waals surface area contributed by atoms with Crippen molar-refractivity contribution in [1.29, 1.82) is 0 Å². The number of hydrogen-bond donors (Lipinski definition) is 0. The lowest BCUT2D eigenvalue weighted by atomic mass is 9.85. The molecular weight excluding hydrogens is 719 g/mol. The molecule has 4 unspecified atom stereocenters. The van der Waals surface area contributed by atoms with E-state index in [0.717, 1.165) is 0 Å². The van der Waals surface area contributed by atoms with E-state index in [-0.39, 0.29) is 13.2 Å². The van der Waals surface area contributed by atoms with E-state index in [0.29, 0.717) is 7.11 Å². The molecule has 2 saturated heterocycles. The molecule has 2 aliphatic heterocycles. The van der Waals surface area contributed by atoms with Crippen LogP contribution in [-0.4, -0.2) is 118 Å². The highest BCUT2D eigenvalue weighted by molar-refractivity contribution is 5.18. The molecule has 0 saturated carbocycles. The normalized spacial score (nSPS) is 22.6. The molecule has 0 bridgehead atoms. The van der Waals surface area contributed by atoms with Gasteiger partial charge in [0, 0.05) is 13.5 Å². The average molecular weight is 736 g/mol. The quantitative estimate of drug-likeness (QED) is 0.0879. The first-order valence-electron chi connectivity index (χ1n) is 11.7. The molecule has 2 heterocycles. The molecular formula is C20H17F21O5. The smallest absolute Gasteiger partial charge is 0.371 e. The summed E-state index contributed by atoms with van der Waals surface area (Å²) in [5, 5.41) is 0. The van der Waals surface area contributed by atoms with Gasteiger partial charge in [0.05, 0.1) is 26.4 Å². The standard InChI is InChI=1S/C20H17F21O5/c1-42-10(46-6-8-4-44-8)9(45-5-7-3-43-7)2-11(21,22)12(23,24)13(25,26)14(27,28)15(29,30)16(31,32)17(33,34)18(35,36)19(37,38)20(39,40)41/h7-10H,2-6H2,1H3. The molecule has 0 spiro atoms. The number of hydrogen-bond acceptors (Lipinski definition) is 5. The van der Waals surface area contributed by atoms with Crippen LogP contribution in [0, 0.1) is 0 Å². The van der Waals surface area contributed by atoms with Gasteiger partial charge in [-0.1, -0.05) is 0 Å². The fraction of sp³-hybridized carbons (Fsp3) is 1.00. The molecule has 4 atom stereocenters. The fourth-order valence-electron chi connectivity index (χ4n) is 3.29. The lowest BCUT2D eigenvalue weighted by Gasteiger charge is -2.44. The molecule has 26 heteroatoms. The van der Waals surface area contributed by atoms with Crippen molar-refractivity contribution in [3.63, 3.8) is 0 Å². The Morgan fingerprint density at radius 3 is 1.11 bits per heavy atom. The number of epoxide rings is 2. The first kappa shape index (κ1) is 40.5. The van der Waals surface area contributed by atoms with E-state index in [1.54, 1.807) is 0 Å². The minimum Gasteiger partial charge on any atom is -0.371 e. The van der Waals surface area contributed by atoms with Crippen LogP contribution >= 0.6 is 0 Å². The zero-order valence-corrected chi connectivity index (χ0v) is 21.8. The Morgan fingerprint density at radius 2 is 0.804 bits per heavy atom. The van der Waals surface area contributed by atoms with E-state index >= 15 is 0 Å². The van der Waals surface area contributed by atoms with Crippen molar-refractivity contribution in [3.8, 4) is 0 Å². The SMILES string of the molecule is COC(OCC1CO1)C(CC(F)(F)C(F)(F)C(F)(F)C(F)(F)C(F)(F)C(F)(F)C(F)(F)C(F)(F)C(F)(F)C(F)(F)F)OCC1CO1. The topological polar surface area (TPSA) is 52.8 Å². The predicted octanol–water partition coefficient (Wildman–Crippen LogP) is 6.83. The van der Waals surface area contributed by atoms with E-state index in [1.807, 2.05) is 0 Å². The van der Waals surface area contributed by atoms with Gasteiger partial charge in [0.1, 0.15) is 18.3 Å². The number of rotatable bonds is 18. The van der Waals surface area contributed by atoms with Crippen LogP contribution in [-0.2, 0) is 23.7 Å². The Morgan fingerprint density at radius 1 is 0.500 bits per heavy atom. The van der Waals surface area contributed by atoms with Crippen LogP contribution in [0.5, 0.6) is 0 Å². The maximum Gasteiger partial charge on any atom is 0.460 e. The molecule has 2 rings (SSSR count). The van der Waals surface area contributed by atoms with Crippen LogP contribution < -0.4 is 0 Å². The van der Waals surface area contributed by atoms with Crippen LogP contribution in [0.15, 0.2) is 0 Å². The lowest BCUT2D eigenvalue weighted by Crippen LogP contribution is -2.77. The third-order valence-electron chi connectivity index (χ3n) is 6.32. The molecule has 0 aliphatic carbocycles. The first-order chi connectivity index (χ1) is 20.2. The summed E-state index contributed by atoms with van der Waals surface area (Å²) in [7, 11) is 0.586. The summed E-state index contributed by atoms with van der Waals surface area (Å²) in [5.41, 5.74) is 0. The van der Waals surface area contributed by atoms with Gasteiger partial charge in [-0.15, -0.1) is 0 Å². The average Bonchev–Trinajstić information content (AvgIpc) is 3.81. The molecule has 0 radical (unpaired) electrons. The number of alkyl halides is 21. The van der Waals surface area contributed by atoms with Gasteiger partial charge in [-0.05, 0) is 0 Å². The van der Waals surface area contributed by atoms with E-state index in [4.69, 9.17) is 4.74 Å². The predicted molar refractivity (Wildman–Crippen MR) is 101 cm³/mol. The minimum atomic E-state index is -9.23. The van der Waals surface area contributed by atoms with E-state index in [1.165, 1.54) is 0 Å². The van der Waals surface area contributed by atoms with Gasteiger partial charge >= 0.3 is 59.5 Å². The third kappa shape index (κ3) is 6.40. The van der Waals surface area contributed by atoms with E-state index in [9.17, 15) is 92.2 Å². The molecule has 46 heavy (non-hydrogen) atoms. The zero-order valence-electron chi connectivity index (χ0n) is 21.8.